The van der Waals surface area contributed by atoms with Crippen LogP contribution in [-0.2, 0) is 9.53 Å². The van der Waals surface area contributed by atoms with Crippen LogP contribution in [-0.4, -0.2) is 12.6 Å². The molecule has 2 nitrogen and oxygen atoms in total. The van der Waals surface area contributed by atoms with Crippen LogP contribution in [0.4, 0.5) is 0 Å². The van der Waals surface area contributed by atoms with Crippen molar-refractivity contribution >= 4 is 5.97 Å². The summed E-state index contributed by atoms with van der Waals surface area (Å²) in [6.07, 6.45) is 1.19. The Morgan fingerprint density at radius 3 is 2.42 bits per heavy atom. The molecule has 0 rings (SSSR count). The molecule has 0 aromatic carbocycles. The molecule has 70 valence electrons. The maximum atomic E-state index is 11.0. The first-order valence-electron chi connectivity index (χ1n) is 4.32. The summed E-state index contributed by atoms with van der Waals surface area (Å²) in [5.41, 5.74) is 1.02. The fraction of sp³-hybridized carbons (Fsp3) is 0.700. The third-order valence-electron chi connectivity index (χ3n) is 1.33. The van der Waals surface area contributed by atoms with Gasteiger partial charge in [0.15, 0.2) is 0 Å². The Balaban J connectivity index is 3.40. The highest BCUT2D eigenvalue weighted by Crippen LogP contribution is 2.02. The van der Waals surface area contributed by atoms with Gasteiger partial charge in [-0.2, -0.15) is 0 Å². The lowest BCUT2D eigenvalue weighted by Crippen LogP contribution is -2.09. The first-order chi connectivity index (χ1) is 5.52. The van der Waals surface area contributed by atoms with E-state index in [4.69, 9.17) is 4.74 Å². The highest BCUT2D eigenvalue weighted by atomic mass is 16.5. The zero-order chi connectivity index (χ0) is 9.56. The van der Waals surface area contributed by atoms with Crippen molar-refractivity contribution in [1.82, 2.24) is 0 Å². The van der Waals surface area contributed by atoms with E-state index < -0.39 is 0 Å². The second kappa shape index (κ2) is 5.81. The van der Waals surface area contributed by atoms with Gasteiger partial charge in [0.1, 0.15) is 0 Å². The Bertz CT molecular complexity index is 159. The van der Waals surface area contributed by atoms with Crippen molar-refractivity contribution in [3.8, 4) is 0 Å². The summed E-state index contributed by atoms with van der Waals surface area (Å²) in [7, 11) is 0. The Labute approximate surface area is 74.6 Å². The number of hydrogen-bond acceptors (Lipinski definition) is 2. The molecule has 0 aliphatic rings. The van der Waals surface area contributed by atoms with Gasteiger partial charge in [-0.25, -0.2) is 0 Å². The number of rotatable bonds is 5. The topological polar surface area (TPSA) is 26.3 Å². The lowest BCUT2D eigenvalue weighted by molar-refractivity contribution is -0.144. The number of ether oxygens (including phenoxy) is 1. The fourth-order valence-corrected chi connectivity index (χ4v) is 0.647. The van der Waals surface area contributed by atoms with E-state index in [0.717, 1.165) is 12.0 Å². The molecule has 12 heavy (non-hydrogen) atoms. The van der Waals surface area contributed by atoms with Gasteiger partial charge < -0.3 is 4.74 Å². The minimum atomic E-state index is -0.119. The monoisotopic (exact) mass is 170 g/mol. The molecule has 0 aliphatic carbocycles. The molecule has 0 aromatic heterocycles. The molecule has 2 heteroatoms. The average molecular weight is 170 g/mol. The molecule has 0 saturated heterocycles. The predicted octanol–water partition coefficient (Wildman–Crippen LogP) is 2.54. The van der Waals surface area contributed by atoms with Crippen LogP contribution >= 0.6 is 0 Å². The zero-order valence-corrected chi connectivity index (χ0v) is 8.22. The van der Waals surface area contributed by atoms with Gasteiger partial charge in [0, 0.05) is 6.42 Å². The Kier molecular flexibility index (Phi) is 5.43. The molecule has 0 aliphatic heterocycles. The van der Waals surface area contributed by atoms with Crippen LogP contribution in [0.1, 0.15) is 33.6 Å². The number of carbonyl (C=O) groups is 1. The van der Waals surface area contributed by atoms with Crippen molar-refractivity contribution in [2.45, 2.75) is 33.6 Å². The number of allylic oxidation sites excluding steroid dienone is 1. The standard InChI is InChI=1S/C10H18O2/c1-8(2)5-6-10(11)12-7-9(3)4/h9H,1,5-7H2,2-4H3. The molecule has 0 unspecified atom stereocenters. The van der Waals surface area contributed by atoms with E-state index in [1.807, 2.05) is 20.8 Å². The summed E-state index contributed by atoms with van der Waals surface area (Å²) in [6, 6.07) is 0. The van der Waals surface area contributed by atoms with Crippen molar-refractivity contribution in [1.29, 1.82) is 0 Å². The van der Waals surface area contributed by atoms with Crippen LogP contribution in [0.3, 0.4) is 0 Å². The third-order valence-corrected chi connectivity index (χ3v) is 1.33. The SMILES string of the molecule is C=C(C)CCC(=O)OCC(C)C. The van der Waals surface area contributed by atoms with Gasteiger partial charge in [-0.15, -0.1) is 6.58 Å². The van der Waals surface area contributed by atoms with Crippen LogP contribution in [0.25, 0.3) is 0 Å². The van der Waals surface area contributed by atoms with E-state index in [1.165, 1.54) is 0 Å². The van der Waals surface area contributed by atoms with E-state index >= 15 is 0 Å². The quantitative estimate of drug-likeness (QED) is 0.468. The minimum Gasteiger partial charge on any atom is -0.465 e. The maximum absolute atomic E-state index is 11.0. The summed E-state index contributed by atoms with van der Waals surface area (Å²) in [5.74, 6) is 0.297. The van der Waals surface area contributed by atoms with Gasteiger partial charge >= 0.3 is 5.97 Å². The lowest BCUT2D eigenvalue weighted by atomic mass is 10.2. The molecule has 0 atom stereocenters. The lowest BCUT2D eigenvalue weighted by Gasteiger charge is -2.06. The number of hydrogen-bond donors (Lipinski definition) is 0. The minimum absolute atomic E-state index is 0.119. The predicted molar refractivity (Wildman–Crippen MR) is 49.8 cm³/mol. The molecule has 0 amide bonds. The molecular formula is C10H18O2. The van der Waals surface area contributed by atoms with Crippen molar-refractivity contribution in [2.75, 3.05) is 6.61 Å². The molecular weight excluding hydrogens is 152 g/mol. The van der Waals surface area contributed by atoms with Crippen LogP contribution in [0.15, 0.2) is 12.2 Å². The first-order valence-corrected chi connectivity index (χ1v) is 4.32. The highest BCUT2D eigenvalue weighted by molar-refractivity contribution is 5.69. The molecule has 0 spiro atoms. The summed E-state index contributed by atoms with van der Waals surface area (Å²) < 4.78 is 4.97. The van der Waals surface area contributed by atoms with E-state index in [-0.39, 0.29) is 5.97 Å². The maximum Gasteiger partial charge on any atom is 0.306 e. The summed E-state index contributed by atoms with van der Waals surface area (Å²) in [5, 5.41) is 0. The second-order valence-electron chi connectivity index (χ2n) is 3.53. The molecule has 0 fully saturated rings. The van der Waals surface area contributed by atoms with Gasteiger partial charge in [-0.1, -0.05) is 19.4 Å². The fourth-order valence-electron chi connectivity index (χ4n) is 0.647. The smallest absolute Gasteiger partial charge is 0.306 e. The number of esters is 1. The van der Waals surface area contributed by atoms with Crippen LogP contribution in [0, 0.1) is 5.92 Å². The Morgan fingerprint density at radius 1 is 1.42 bits per heavy atom. The largest absolute Gasteiger partial charge is 0.465 e. The third kappa shape index (κ3) is 7.32. The van der Waals surface area contributed by atoms with Crippen LogP contribution in [0.2, 0.25) is 0 Å². The summed E-state index contributed by atoms with van der Waals surface area (Å²) in [6.45, 7) is 10.2. The van der Waals surface area contributed by atoms with Gasteiger partial charge in [-0.3, -0.25) is 4.79 Å². The Morgan fingerprint density at radius 2 is 2.00 bits per heavy atom. The van der Waals surface area contributed by atoms with Crippen molar-refractivity contribution in [2.24, 2.45) is 5.92 Å². The normalized spacial score (nSPS) is 10.0. The molecule has 0 N–H and O–H groups in total. The van der Waals surface area contributed by atoms with E-state index in [9.17, 15) is 4.79 Å². The van der Waals surface area contributed by atoms with Crippen molar-refractivity contribution < 1.29 is 9.53 Å². The van der Waals surface area contributed by atoms with Crippen LogP contribution in [0.5, 0.6) is 0 Å². The highest BCUT2D eigenvalue weighted by Gasteiger charge is 2.03. The van der Waals surface area contributed by atoms with Gasteiger partial charge in [0.05, 0.1) is 6.61 Å². The van der Waals surface area contributed by atoms with E-state index in [2.05, 4.69) is 6.58 Å². The summed E-state index contributed by atoms with van der Waals surface area (Å²) in [4.78, 5) is 11.0. The molecule has 0 saturated carbocycles. The van der Waals surface area contributed by atoms with Gasteiger partial charge in [-0.05, 0) is 19.3 Å². The molecule has 0 radical (unpaired) electrons. The van der Waals surface area contributed by atoms with E-state index in [0.29, 0.717) is 18.9 Å². The van der Waals surface area contributed by atoms with Crippen molar-refractivity contribution in [3.05, 3.63) is 12.2 Å². The molecule has 0 bridgehead atoms. The van der Waals surface area contributed by atoms with Crippen LogP contribution < -0.4 is 0 Å². The zero-order valence-electron chi connectivity index (χ0n) is 8.22. The average Bonchev–Trinajstić information content (AvgIpc) is 1.96. The molecule has 0 heterocycles. The molecule has 0 aromatic rings. The Hall–Kier alpha value is -0.790. The van der Waals surface area contributed by atoms with Gasteiger partial charge in [0.2, 0.25) is 0 Å². The van der Waals surface area contributed by atoms with E-state index in [1.54, 1.807) is 0 Å². The first kappa shape index (κ1) is 11.2. The second-order valence-corrected chi connectivity index (χ2v) is 3.53. The van der Waals surface area contributed by atoms with Gasteiger partial charge in [0.25, 0.3) is 0 Å². The summed E-state index contributed by atoms with van der Waals surface area (Å²) >= 11 is 0. The number of carbonyl (C=O) groups excluding carboxylic acids is 1. The van der Waals surface area contributed by atoms with Crippen molar-refractivity contribution in [3.63, 3.8) is 0 Å².